The lowest BCUT2D eigenvalue weighted by Crippen LogP contribution is -1.98. The van der Waals surface area contributed by atoms with Crippen molar-refractivity contribution in [1.82, 2.24) is 0 Å². The first-order valence-electron chi connectivity index (χ1n) is 5.13. The van der Waals surface area contributed by atoms with Crippen LogP contribution in [0.3, 0.4) is 0 Å². The molecule has 0 heterocycles. The van der Waals surface area contributed by atoms with E-state index in [0.29, 0.717) is 4.90 Å². The second-order valence-electron chi connectivity index (χ2n) is 3.47. The Morgan fingerprint density at radius 1 is 1.00 bits per heavy atom. The van der Waals surface area contributed by atoms with Gasteiger partial charge in [-0.2, -0.15) is 0 Å². The van der Waals surface area contributed by atoms with Gasteiger partial charge in [-0.15, -0.1) is 0 Å². The van der Waals surface area contributed by atoms with E-state index in [1.165, 1.54) is 0 Å². The molecule has 0 aromatic heterocycles. The van der Waals surface area contributed by atoms with Crippen molar-refractivity contribution >= 4 is 49.4 Å². The number of rotatable bonds is 3. The minimum absolute atomic E-state index is 0.672. The minimum Gasteiger partial charge on any atom is -0.586 e. The summed E-state index contributed by atoms with van der Waals surface area (Å²) in [6.45, 7) is 0. The molecular weight excluding hydrogens is 378 g/mol. The molecule has 0 N–H and O–H groups in total. The van der Waals surface area contributed by atoms with Gasteiger partial charge >= 0.3 is 0 Å². The lowest BCUT2D eigenvalue weighted by atomic mass is 10.2. The van der Waals surface area contributed by atoms with E-state index in [1.54, 1.807) is 12.3 Å². The lowest BCUT2D eigenvalue weighted by Gasteiger charge is -2.03. The molecule has 5 heteroatoms. The maximum Gasteiger partial charge on any atom is 0.196 e. The van der Waals surface area contributed by atoms with E-state index in [4.69, 9.17) is 0 Å². The van der Waals surface area contributed by atoms with E-state index in [2.05, 4.69) is 36.3 Å². The first-order chi connectivity index (χ1) is 8.66. The van der Waals surface area contributed by atoms with Gasteiger partial charge in [0.15, 0.2) is 4.90 Å². The van der Waals surface area contributed by atoms with Gasteiger partial charge in [-0.1, -0.05) is 44.6 Å². The van der Waals surface area contributed by atoms with Crippen LogP contribution in [0.1, 0.15) is 5.56 Å². The molecule has 0 saturated carbocycles. The SMILES string of the molecule is [O-][S@@+](/N=C/c1ccc(Br)cc1)c1ccccc1Br. The molecule has 0 aliphatic carbocycles. The van der Waals surface area contributed by atoms with Gasteiger partial charge in [0.25, 0.3) is 0 Å². The Morgan fingerprint density at radius 2 is 1.67 bits per heavy atom. The zero-order chi connectivity index (χ0) is 13.0. The summed E-state index contributed by atoms with van der Waals surface area (Å²) in [5, 5.41) is 0. The van der Waals surface area contributed by atoms with E-state index in [-0.39, 0.29) is 0 Å². The molecule has 1 atom stereocenters. The Morgan fingerprint density at radius 3 is 2.33 bits per heavy atom. The molecule has 2 aromatic carbocycles. The van der Waals surface area contributed by atoms with Gasteiger partial charge < -0.3 is 4.55 Å². The zero-order valence-electron chi connectivity index (χ0n) is 9.22. The first-order valence-corrected chi connectivity index (χ1v) is 7.82. The Hall–Kier alpha value is -0.620. The summed E-state index contributed by atoms with van der Waals surface area (Å²) in [6, 6.07) is 15.0. The number of benzene rings is 2. The van der Waals surface area contributed by atoms with Crippen molar-refractivity contribution < 1.29 is 4.55 Å². The first kappa shape index (κ1) is 13.8. The van der Waals surface area contributed by atoms with E-state index in [1.807, 2.05) is 42.5 Å². The van der Waals surface area contributed by atoms with Crippen LogP contribution in [0.15, 0.2) is 66.8 Å². The van der Waals surface area contributed by atoms with Crippen molar-refractivity contribution in [1.29, 1.82) is 0 Å². The van der Waals surface area contributed by atoms with E-state index < -0.39 is 11.4 Å². The number of hydrogen-bond acceptors (Lipinski definition) is 2. The highest BCUT2D eigenvalue weighted by atomic mass is 79.9. The Labute approximate surface area is 126 Å². The summed E-state index contributed by atoms with van der Waals surface area (Å²) in [5.41, 5.74) is 0.915. The maximum atomic E-state index is 12.0. The van der Waals surface area contributed by atoms with Crippen molar-refractivity contribution in [3.05, 3.63) is 63.0 Å². The van der Waals surface area contributed by atoms with Crippen LogP contribution >= 0.6 is 31.9 Å². The van der Waals surface area contributed by atoms with Gasteiger partial charge in [-0.05, 0) is 45.8 Å². The van der Waals surface area contributed by atoms with Crippen LogP contribution in [0.4, 0.5) is 0 Å². The lowest BCUT2D eigenvalue weighted by molar-refractivity contribution is 0.596. The molecule has 0 aliphatic rings. The number of halogens is 2. The highest BCUT2D eigenvalue weighted by Crippen LogP contribution is 2.22. The Kier molecular flexibility index (Phi) is 5.00. The third-order valence-corrected chi connectivity index (χ3v) is 4.70. The van der Waals surface area contributed by atoms with Gasteiger partial charge in [-0.25, -0.2) is 0 Å². The van der Waals surface area contributed by atoms with Crippen molar-refractivity contribution in [2.75, 3.05) is 0 Å². The molecule has 0 bridgehead atoms. The third kappa shape index (κ3) is 3.68. The summed E-state index contributed by atoms with van der Waals surface area (Å²) in [6.07, 6.45) is 1.61. The Balaban J connectivity index is 2.14. The normalized spacial score (nSPS) is 12.8. The molecule has 2 rings (SSSR count). The van der Waals surface area contributed by atoms with Gasteiger partial charge in [0, 0.05) is 4.47 Å². The topological polar surface area (TPSA) is 35.4 Å². The molecule has 2 nitrogen and oxygen atoms in total. The van der Waals surface area contributed by atoms with Gasteiger partial charge in [0.1, 0.15) is 11.4 Å². The monoisotopic (exact) mass is 385 g/mol. The quantitative estimate of drug-likeness (QED) is 0.570. The van der Waals surface area contributed by atoms with Gasteiger partial charge in [0.05, 0.1) is 10.7 Å². The summed E-state index contributed by atoms with van der Waals surface area (Å²) >= 11 is 5.33. The summed E-state index contributed by atoms with van der Waals surface area (Å²) in [7, 11) is 0. The average Bonchev–Trinajstić information content (AvgIpc) is 2.38. The second kappa shape index (κ2) is 6.52. The van der Waals surface area contributed by atoms with Crippen molar-refractivity contribution in [3.8, 4) is 0 Å². The second-order valence-corrected chi connectivity index (χ2v) is 6.38. The van der Waals surface area contributed by atoms with Crippen LogP contribution in [0.5, 0.6) is 0 Å². The molecule has 0 amide bonds. The third-order valence-electron chi connectivity index (χ3n) is 2.19. The van der Waals surface area contributed by atoms with Crippen molar-refractivity contribution in [3.63, 3.8) is 0 Å². The van der Waals surface area contributed by atoms with Gasteiger partial charge in [-0.3, -0.25) is 0 Å². The molecule has 0 radical (unpaired) electrons. The average molecular weight is 387 g/mol. The molecule has 0 saturated heterocycles. The highest BCUT2D eigenvalue weighted by Gasteiger charge is 2.12. The highest BCUT2D eigenvalue weighted by molar-refractivity contribution is 9.10. The number of hydrogen-bond donors (Lipinski definition) is 0. The van der Waals surface area contributed by atoms with Crippen LogP contribution in [0.25, 0.3) is 0 Å². The molecule has 0 unspecified atom stereocenters. The fourth-order valence-electron chi connectivity index (χ4n) is 1.30. The van der Waals surface area contributed by atoms with E-state index in [0.717, 1.165) is 14.5 Å². The minimum atomic E-state index is -1.39. The fourth-order valence-corrected chi connectivity index (χ4v) is 3.03. The summed E-state index contributed by atoms with van der Waals surface area (Å²) in [5.74, 6) is 0. The van der Waals surface area contributed by atoms with Crippen LogP contribution in [-0.4, -0.2) is 10.8 Å². The predicted molar refractivity (Wildman–Crippen MR) is 82.3 cm³/mol. The van der Waals surface area contributed by atoms with Gasteiger partial charge in [0.2, 0.25) is 0 Å². The summed E-state index contributed by atoms with van der Waals surface area (Å²) in [4.78, 5) is 0.672. The standard InChI is InChI=1S/C13H9Br2NOS/c14-11-7-5-10(6-8-11)9-16-18(17)13-4-2-1-3-12(13)15/h1-9H/b16-9+/t18-/m1/s1. The van der Waals surface area contributed by atoms with E-state index in [9.17, 15) is 4.55 Å². The zero-order valence-corrected chi connectivity index (χ0v) is 13.2. The van der Waals surface area contributed by atoms with Crippen molar-refractivity contribution in [2.24, 2.45) is 4.40 Å². The predicted octanol–water partition coefficient (Wildman–Crippen LogP) is 4.35. The summed E-state index contributed by atoms with van der Waals surface area (Å²) < 4.78 is 17.8. The molecule has 2 aromatic rings. The maximum absolute atomic E-state index is 12.0. The molecule has 18 heavy (non-hydrogen) atoms. The molecule has 0 fully saturated rings. The fraction of sp³-hybridized carbons (Fsp3) is 0. The largest absolute Gasteiger partial charge is 0.586 e. The smallest absolute Gasteiger partial charge is 0.196 e. The van der Waals surface area contributed by atoms with Crippen LogP contribution < -0.4 is 0 Å². The van der Waals surface area contributed by atoms with Crippen molar-refractivity contribution in [2.45, 2.75) is 4.90 Å². The van der Waals surface area contributed by atoms with Crippen LogP contribution in [0, 0.1) is 0 Å². The molecule has 0 aliphatic heterocycles. The van der Waals surface area contributed by atoms with Crippen LogP contribution in [-0.2, 0) is 11.4 Å². The van der Waals surface area contributed by atoms with E-state index >= 15 is 0 Å². The number of nitrogens with zero attached hydrogens (tertiary/aromatic N) is 1. The Bertz CT molecular complexity index is 557. The van der Waals surface area contributed by atoms with Crippen LogP contribution in [0.2, 0.25) is 0 Å². The molecule has 0 spiro atoms. The molecule has 92 valence electrons. The molecular formula is C13H9Br2NOS.